The van der Waals surface area contributed by atoms with Crippen LogP contribution in [0.15, 0.2) is 77.7 Å². The molecule has 2 heterocycles. The minimum Gasteiger partial charge on any atom is -0.492 e. The average Bonchev–Trinajstić information content (AvgIpc) is 2.80. The number of hydrogen-bond acceptors (Lipinski definition) is 5. The summed E-state index contributed by atoms with van der Waals surface area (Å²) >= 11 is 0. The van der Waals surface area contributed by atoms with Gasteiger partial charge in [-0.15, -0.1) is 0 Å². The molecule has 8 nitrogen and oxygen atoms in total. The van der Waals surface area contributed by atoms with E-state index < -0.39 is 0 Å². The molecule has 0 aliphatic carbocycles. The first-order valence-corrected chi connectivity index (χ1v) is 10.5. The van der Waals surface area contributed by atoms with E-state index in [1.807, 2.05) is 32.0 Å². The van der Waals surface area contributed by atoms with Gasteiger partial charge in [-0.1, -0.05) is 18.2 Å². The Labute approximate surface area is 190 Å². The predicted octanol–water partition coefficient (Wildman–Crippen LogP) is 4.62. The Morgan fingerprint density at radius 1 is 1.00 bits per heavy atom. The van der Waals surface area contributed by atoms with E-state index in [1.165, 1.54) is 10.5 Å². The number of nitrogens with zero attached hydrogens (tertiary/aromatic N) is 2. The van der Waals surface area contributed by atoms with Crippen LogP contribution < -0.4 is 25.7 Å². The van der Waals surface area contributed by atoms with Gasteiger partial charge < -0.3 is 20.1 Å². The third-order valence-electron chi connectivity index (χ3n) is 4.79. The van der Waals surface area contributed by atoms with Crippen LogP contribution in [0.25, 0.3) is 5.65 Å². The van der Waals surface area contributed by atoms with Crippen LogP contribution in [-0.4, -0.2) is 22.0 Å². The number of aromatic nitrogens is 2. The van der Waals surface area contributed by atoms with Crippen molar-refractivity contribution in [1.29, 1.82) is 0 Å². The lowest BCUT2D eigenvalue weighted by Crippen LogP contribution is -2.19. The molecular formula is C25H24N4O4. The van der Waals surface area contributed by atoms with E-state index in [-0.39, 0.29) is 18.2 Å². The number of fused-ring (bicyclic) bond motifs is 1. The second-order valence-electron chi connectivity index (χ2n) is 7.34. The summed E-state index contributed by atoms with van der Waals surface area (Å²) in [6.07, 6.45) is 1.76. The molecule has 0 spiro atoms. The molecule has 168 valence electrons. The Hall–Kier alpha value is -4.33. The maximum atomic E-state index is 12.3. The van der Waals surface area contributed by atoms with E-state index in [0.717, 1.165) is 5.56 Å². The van der Waals surface area contributed by atoms with Crippen LogP contribution in [0.5, 0.6) is 11.5 Å². The highest BCUT2D eigenvalue weighted by Gasteiger charge is 2.08. The van der Waals surface area contributed by atoms with Crippen LogP contribution >= 0.6 is 0 Å². The highest BCUT2D eigenvalue weighted by molar-refractivity contribution is 6.00. The Balaban J connectivity index is 1.36. The van der Waals surface area contributed by atoms with E-state index in [0.29, 0.717) is 40.8 Å². The molecule has 0 atom stereocenters. The summed E-state index contributed by atoms with van der Waals surface area (Å²) in [6, 6.07) is 19.0. The molecular weight excluding hydrogens is 420 g/mol. The Kier molecular flexibility index (Phi) is 6.54. The summed E-state index contributed by atoms with van der Waals surface area (Å²) < 4.78 is 12.8. The molecule has 0 aliphatic rings. The quantitative estimate of drug-likeness (QED) is 0.434. The normalized spacial score (nSPS) is 10.6. The van der Waals surface area contributed by atoms with Crippen molar-refractivity contribution in [3.05, 3.63) is 94.5 Å². The van der Waals surface area contributed by atoms with E-state index in [1.54, 1.807) is 48.7 Å². The highest BCUT2D eigenvalue weighted by Crippen LogP contribution is 2.24. The lowest BCUT2D eigenvalue weighted by Gasteiger charge is -2.12. The molecule has 2 aromatic heterocycles. The molecule has 0 aliphatic heterocycles. The van der Waals surface area contributed by atoms with Gasteiger partial charge in [0.15, 0.2) is 0 Å². The second-order valence-corrected chi connectivity index (χ2v) is 7.34. The van der Waals surface area contributed by atoms with Gasteiger partial charge in [0.2, 0.25) is 0 Å². The molecule has 4 rings (SSSR count). The zero-order chi connectivity index (χ0) is 23.2. The molecule has 0 unspecified atom stereocenters. The number of pyridine rings is 1. The van der Waals surface area contributed by atoms with Crippen molar-refractivity contribution in [3.8, 4) is 11.5 Å². The number of carbonyl (C=O) groups is 1. The fourth-order valence-electron chi connectivity index (χ4n) is 3.26. The fraction of sp³-hybridized carbons (Fsp3) is 0.160. The van der Waals surface area contributed by atoms with Crippen LogP contribution in [0.2, 0.25) is 0 Å². The van der Waals surface area contributed by atoms with Gasteiger partial charge in [-0.3, -0.25) is 9.20 Å². The molecule has 0 bridgehead atoms. The number of benzene rings is 2. The fourth-order valence-corrected chi connectivity index (χ4v) is 3.26. The Morgan fingerprint density at radius 3 is 2.58 bits per heavy atom. The molecule has 0 fully saturated rings. The van der Waals surface area contributed by atoms with Crippen LogP contribution in [0.1, 0.15) is 18.2 Å². The minimum absolute atomic E-state index is 0.154. The summed E-state index contributed by atoms with van der Waals surface area (Å²) in [6.45, 7) is 4.47. The summed E-state index contributed by atoms with van der Waals surface area (Å²) in [5.74, 6) is 1.20. The van der Waals surface area contributed by atoms with Gasteiger partial charge in [-0.05, 0) is 61.9 Å². The molecule has 2 amide bonds. The zero-order valence-corrected chi connectivity index (χ0v) is 18.4. The van der Waals surface area contributed by atoms with Gasteiger partial charge in [0.1, 0.15) is 23.8 Å². The first-order chi connectivity index (χ1) is 16.0. The van der Waals surface area contributed by atoms with E-state index in [4.69, 9.17) is 9.47 Å². The van der Waals surface area contributed by atoms with Crippen molar-refractivity contribution in [2.45, 2.75) is 20.5 Å². The molecule has 0 radical (unpaired) electrons. The smallest absolute Gasteiger partial charge is 0.323 e. The summed E-state index contributed by atoms with van der Waals surface area (Å²) in [5.41, 5.74) is 3.13. The number of para-hydroxylation sites is 2. The van der Waals surface area contributed by atoms with Crippen molar-refractivity contribution in [2.75, 3.05) is 17.2 Å². The lowest BCUT2D eigenvalue weighted by atomic mass is 10.3. The van der Waals surface area contributed by atoms with Crippen molar-refractivity contribution in [3.63, 3.8) is 0 Å². The molecule has 2 aromatic carbocycles. The summed E-state index contributed by atoms with van der Waals surface area (Å²) in [4.78, 5) is 29.1. The van der Waals surface area contributed by atoms with E-state index in [2.05, 4.69) is 15.6 Å². The largest absolute Gasteiger partial charge is 0.492 e. The van der Waals surface area contributed by atoms with E-state index in [9.17, 15) is 9.59 Å². The van der Waals surface area contributed by atoms with Gasteiger partial charge in [-0.2, -0.15) is 0 Å². The number of anilines is 2. The standard InChI is InChI=1S/C25H24N4O4/c1-3-32-22-7-5-4-6-21(22)28-25(31)27-18-9-11-20(12-10-18)33-16-19-14-24(30)29-15-17(2)8-13-23(29)26-19/h4-15H,3,16H2,1-2H3,(H2,27,28,31). The number of nitrogens with one attached hydrogen (secondary N) is 2. The van der Waals surface area contributed by atoms with Gasteiger partial charge in [-0.25, -0.2) is 9.78 Å². The van der Waals surface area contributed by atoms with Crippen molar-refractivity contribution in [1.82, 2.24) is 9.38 Å². The Bertz CT molecular complexity index is 1330. The Morgan fingerprint density at radius 2 is 1.79 bits per heavy atom. The number of hydrogen-bond donors (Lipinski definition) is 2. The van der Waals surface area contributed by atoms with Crippen LogP contribution in [-0.2, 0) is 6.61 Å². The predicted molar refractivity (Wildman–Crippen MR) is 127 cm³/mol. The van der Waals surface area contributed by atoms with Crippen LogP contribution in [0, 0.1) is 6.92 Å². The average molecular weight is 444 g/mol. The number of rotatable bonds is 7. The number of carbonyl (C=O) groups excluding carboxylic acids is 1. The molecule has 0 saturated carbocycles. The zero-order valence-electron chi connectivity index (χ0n) is 18.4. The molecule has 8 heteroatoms. The number of ether oxygens (including phenoxy) is 2. The first-order valence-electron chi connectivity index (χ1n) is 10.5. The minimum atomic E-state index is -0.383. The van der Waals surface area contributed by atoms with Crippen LogP contribution in [0.4, 0.5) is 16.2 Å². The van der Waals surface area contributed by atoms with Crippen molar-refractivity contribution in [2.24, 2.45) is 0 Å². The van der Waals surface area contributed by atoms with Gasteiger partial charge >= 0.3 is 6.03 Å². The first kappa shape index (κ1) is 21.9. The number of amides is 2. The summed E-state index contributed by atoms with van der Waals surface area (Å²) in [7, 11) is 0. The highest BCUT2D eigenvalue weighted by atomic mass is 16.5. The van der Waals surface area contributed by atoms with Crippen molar-refractivity contribution < 1.29 is 14.3 Å². The topological polar surface area (TPSA) is 94.0 Å². The van der Waals surface area contributed by atoms with Gasteiger partial charge in [0.25, 0.3) is 5.56 Å². The third-order valence-corrected chi connectivity index (χ3v) is 4.79. The maximum absolute atomic E-state index is 12.3. The molecule has 33 heavy (non-hydrogen) atoms. The number of aryl methyl sites for hydroxylation is 1. The van der Waals surface area contributed by atoms with Crippen LogP contribution in [0.3, 0.4) is 0 Å². The monoisotopic (exact) mass is 444 g/mol. The molecule has 2 N–H and O–H groups in total. The van der Waals surface area contributed by atoms with E-state index >= 15 is 0 Å². The molecule has 0 saturated heterocycles. The second kappa shape index (κ2) is 9.86. The number of urea groups is 1. The maximum Gasteiger partial charge on any atom is 0.323 e. The van der Waals surface area contributed by atoms with Crippen molar-refractivity contribution >= 4 is 23.1 Å². The third kappa shape index (κ3) is 5.48. The SMILES string of the molecule is CCOc1ccccc1NC(=O)Nc1ccc(OCc2cc(=O)n3cc(C)ccc3n2)cc1. The van der Waals surface area contributed by atoms with Gasteiger partial charge in [0, 0.05) is 18.0 Å². The lowest BCUT2D eigenvalue weighted by molar-refractivity contribution is 0.262. The van der Waals surface area contributed by atoms with Gasteiger partial charge in [0.05, 0.1) is 18.0 Å². The summed E-state index contributed by atoms with van der Waals surface area (Å²) in [5, 5.41) is 5.56. The molecule has 4 aromatic rings.